The summed E-state index contributed by atoms with van der Waals surface area (Å²) in [5.74, 6) is 3.08. The van der Waals surface area contributed by atoms with E-state index >= 15 is 0 Å². The van der Waals surface area contributed by atoms with Gasteiger partial charge in [-0.25, -0.2) is 0 Å². The largest absolute Gasteiger partial charge is 0.496 e. The maximum Gasteiger partial charge on any atom is 0.287 e. The maximum absolute atomic E-state index is 12.4. The maximum atomic E-state index is 12.4. The lowest BCUT2D eigenvalue weighted by atomic mass is 9.81. The summed E-state index contributed by atoms with van der Waals surface area (Å²) in [6.45, 7) is 8.84. The Morgan fingerprint density at radius 3 is 2.48 bits per heavy atom. The average Bonchev–Trinajstić information content (AvgIpc) is 3.35. The molecule has 0 aliphatic rings. The highest BCUT2D eigenvalue weighted by Crippen LogP contribution is 2.32. The van der Waals surface area contributed by atoms with Crippen LogP contribution >= 0.6 is 0 Å². The van der Waals surface area contributed by atoms with Crippen LogP contribution in [0.25, 0.3) is 0 Å². The minimum absolute atomic E-state index is 0.0828. The zero-order valence-corrected chi connectivity index (χ0v) is 17.8. The Kier molecular flexibility index (Phi) is 6.16. The summed E-state index contributed by atoms with van der Waals surface area (Å²) < 4.78 is 16.8. The van der Waals surface area contributed by atoms with Gasteiger partial charge in [0.15, 0.2) is 5.76 Å². The van der Waals surface area contributed by atoms with Crippen molar-refractivity contribution in [3.63, 3.8) is 0 Å². The smallest absolute Gasteiger partial charge is 0.287 e. The van der Waals surface area contributed by atoms with Crippen LogP contribution < -0.4 is 10.1 Å². The van der Waals surface area contributed by atoms with E-state index in [-0.39, 0.29) is 17.1 Å². The number of ether oxygens (including phenoxy) is 1. The number of hydrogen-bond donors (Lipinski definition) is 1. The second kappa shape index (κ2) is 8.60. The van der Waals surface area contributed by atoms with Crippen LogP contribution in [0.2, 0.25) is 0 Å². The van der Waals surface area contributed by atoms with E-state index in [2.05, 4.69) is 38.2 Å². The first-order valence-electron chi connectivity index (χ1n) is 9.92. The van der Waals surface area contributed by atoms with Gasteiger partial charge in [0.05, 0.1) is 13.7 Å². The molecule has 3 rings (SSSR count). The third kappa shape index (κ3) is 4.91. The minimum atomic E-state index is -0.266. The first kappa shape index (κ1) is 20.8. The van der Waals surface area contributed by atoms with Crippen molar-refractivity contribution in [1.29, 1.82) is 0 Å². The molecule has 5 nitrogen and oxygen atoms in total. The first-order chi connectivity index (χ1) is 13.8. The minimum Gasteiger partial charge on any atom is -0.496 e. The summed E-state index contributed by atoms with van der Waals surface area (Å²) in [5, 5.41) is 2.81. The second-order valence-electron chi connectivity index (χ2n) is 7.90. The van der Waals surface area contributed by atoms with E-state index in [0.717, 1.165) is 23.5 Å². The van der Waals surface area contributed by atoms with E-state index in [1.165, 1.54) is 5.56 Å². The highest BCUT2D eigenvalue weighted by molar-refractivity contribution is 5.91. The summed E-state index contributed by atoms with van der Waals surface area (Å²) in [6, 6.07) is 13.5. The molecule has 0 saturated carbocycles. The van der Waals surface area contributed by atoms with Crippen LogP contribution in [0.5, 0.6) is 5.75 Å². The lowest BCUT2D eigenvalue weighted by molar-refractivity contribution is 0.0918. The number of nitrogens with one attached hydrogen (secondary N) is 1. The number of hydrogen-bond acceptors (Lipinski definition) is 4. The predicted molar refractivity (Wildman–Crippen MR) is 112 cm³/mol. The van der Waals surface area contributed by atoms with Crippen LogP contribution in [0.4, 0.5) is 0 Å². The van der Waals surface area contributed by atoms with Gasteiger partial charge in [0.25, 0.3) is 5.91 Å². The van der Waals surface area contributed by atoms with E-state index in [0.29, 0.717) is 24.5 Å². The zero-order valence-electron chi connectivity index (χ0n) is 17.8. The van der Waals surface area contributed by atoms with E-state index in [1.54, 1.807) is 13.2 Å². The predicted octanol–water partition coefficient (Wildman–Crippen LogP) is 5.40. The quantitative estimate of drug-likeness (QED) is 0.555. The van der Waals surface area contributed by atoms with Gasteiger partial charge in [0.1, 0.15) is 23.0 Å². The summed E-state index contributed by atoms with van der Waals surface area (Å²) in [4.78, 5) is 12.4. The van der Waals surface area contributed by atoms with Gasteiger partial charge in [0.2, 0.25) is 0 Å². The molecule has 0 fully saturated rings. The van der Waals surface area contributed by atoms with Gasteiger partial charge in [0, 0.05) is 12.0 Å². The van der Waals surface area contributed by atoms with Gasteiger partial charge in [-0.3, -0.25) is 4.79 Å². The van der Waals surface area contributed by atoms with Crippen LogP contribution in [-0.2, 0) is 18.4 Å². The summed E-state index contributed by atoms with van der Waals surface area (Å²) in [6.07, 6.45) is 1.60. The Hall–Kier alpha value is -2.95. The molecule has 0 saturated heterocycles. The Labute approximate surface area is 172 Å². The number of furan rings is 2. The lowest BCUT2D eigenvalue weighted by Crippen LogP contribution is -2.21. The van der Waals surface area contributed by atoms with Crippen LogP contribution in [-0.4, -0.2) is 13.0 Å². The molecule has 1 amide bonds. The number of carbonyl (C=O) groups is 1. The first-order valence-corrected chi connectivity index (χ1v) is 9.92. The Bertz CT molecular complexity index is 980. The number of aryl methyl sites for hydroxylation is 1. The van der Waals surface area contributed by atoms with Crippen molar-refractivity contribution >= 4 is 5.91 Å². The molecule has 0 aliphatic heterocycles. The molecule has 0 bridgehead atoms. The number of rotatable bonds is 8. The fraction of sp³-hybridized carbons (Fsp3) is 0.375. The average molecular weight is 395 g/mol. The highest BCUT2D eigenvalue weighted by Gasteiger charge is 2.20. The van der Waals surface area contributed by atoms with Gasteiger partial charge in [-0.1, -0.05) is 32.9 Å². The molecular weight excluding hydrogens is 366 g/mol. The third-order valence-electron chi connectivity index (χ3n) is 5.42. The summed E-state index contributed by atoms with van der Waals surface area (Å²) >= 11 is 0. The molecule has 2 heterocycles. The Morgan fingerprint density at radius 2 is 1.83 bits per heavy atom. The lowest BCUT2D eigenvalue weighted by Gasteiger charge is -2.24. The number of carbonyl (C=O) groups excluding carboxylic acids is 1. The number of benzene rings is 1. The molecule has 2 aromatic heterocycles. The SMILES string of the molecule is CCC(C)(C)c1ccc(OC)c(Cc2ccc(C(=O)NCc3ccc(C)o3)o2)c1. The topological polar surface area (TPSA) is 64.6 Å². The fourth-order valence-corrected chi connectivity index (χ4v) is 3.16. The van der Waals surface area contributed by atoms with Crippen molar-refractivity contribution in [2.75, 3.05) is 7.11 Å². The van der Waals surface area contributed by atoms with E-state index in [4.69, 9.17) is 13.6 Å². The number of amides is 1. The Morgan fingerprint density at radius 1 is 1.07 bits per heavy atom. The molecule has 5 heteroatoms. The molecule has 29 heavy (non-hydrogen) atoms. The highest BCUT2D eigenvalue weighted by atomic mass is 16.5. The molecular formula is C24H29NO4. The van der Waals surface area contributed by atoms with Crippen LogP contribution in [0.15, 0.2) is 51.3 Å². The molecule has 0 aliphatic carbocycles. The van der Waals surface area contributed by atoms with E-state index < -0.39 is 0 Å². The zero-order chi connectivity index (χ0) is 21.0. The van der Waals surface area contributed by atoms with Gasteiger partial charge >= 0.3 is 0 Å². The van der Waals surface area contributed by atoms with Crippen molar-refractivity contribution in [2.24, 2.45) is 0 Å². The van der Waals surface area contributed by atoms with Crippen LogP contribution in [0, 0.1) is 6.92 Å². The standard InChI is InChI=1S/C24H29NO4/c1-6-24(3,4)18-8-11-21(27-5)17(13-18)14-19-10-12-22(29-19)23(26)25-15-20-9-7-16(2)28-20/h7-13H,6,14-15H2,1-5H3,(H,25,26). The van der Waals surface area contributed by atoms with Crippen molar-refractivity contribution in [1.82, 2.24) is 5.32 Å². The third-order valence-corrected chi connectivity index (χ3v) is 5.42. The number of methoxy groups -OCH3 is 1. The van der Waals surface area contributed by atoms with Crippen molar-refractivity contribution in [3.8, 4) is 5.75 Å². The van der Waals surface area contributed by atoms with Crippen molar-refractivity contribution < 1.29 is 18.4 Å². The monoisotopic (exact) mass is 395 g/mol. The molecule has 1 N–H and O–H groups in total. The van der Waals surface area contributed by atoms with Crippen LogP contribution in [0.1, 0.15) is 66.2 Å². The van der Waals surface area contributed by atoms with Gasteiger partial charge in [-0.15, -0.1) is 0 Å². The molecule has 0 atom stereocenters. The molecule has 0 spiro atoms. The van der Waals surface area contributed by atoms with Crippen molar-refractivity contribution in [2.45, 2.75) is 52.5 Å². The van der Waals surface area contributed by atoms with Gasteiger partial charge < -0.3 is 18.9 Å². The normalized spacial score (nSPS) is 11.5. The summed E-state index contributed by atoms with van der Waals surface area (Å²) in [5.41, 5.74) is 2.38. The summed E-state index contributed by atoms with van der Waals surface area (Å²) in [7, 11) is 1.67. The second-order valence-corrected chi connectivity index (χ2v) is 7.90. The van der Waals surface area contributed by atoms with Crippen molar-refractivity contribution in [3.05, 3.63) is 76.6 Å². The van der Waals surface area contributed by atoms with Gasteiger partial charge in [-0.05, 0) is 54.7 Å². The van der Waals surface area contributed by atoms with E-state index in [1.807, 2.05) is 31.2 Å². The molecule has 3 aromatic rings. The Balaban J connectivity index is 1.72. The van der Waals surface area contributed by atoms with Gasteiger partial charge in [-0.2, -0.15) is 0 Å². The molecule has 0 unspecified atom stereocenters. The van der Waals surface area contributed by atoms with E-state index in [9.17, 15) is 4.79 Å². The van der Waals surface area contributed by atoms with Crippen LogP contribution in [0.3, 0.4) is 0 Å². The molecule has 1 aromatic carbocycles. The molecule has 154 valence electrons. The molecule has 0 radical (unpaired) electrons. The fourth-order valence-electron chi connectivity index (χ4n) is 3.16.